The van der Waals surface area contributed by atoms with Crippen LogP contribution in [-0.2, 0) is 0 Å². The highest BCUT2D eigenvalue weighted by Gasteiger charge is 1.97. The molecule has 0 amide bonds. The summed E-state index contributed by atoms with van der Waals surface area (Å²) in [6.45, 7) is 0. The summed E-state index contributed by atoms with van der Waals surface area (Å²) in [4.78, 5) is 22.0. The van der Waals surface area contributed by atoms with Crippen molar-refractivity contribution in [2.24, 2.45) is 0 Å². The van der Waals surface area contributed by atoms with Crippen molar-refractivity contribution in [3.63, 3.8) is 0 Å². The molecule has 10 N–H and O–H groups in total. The van der Waals surface area contributed by atoms with Crippen LogP contribution in [0.4, 0.5) is 35.7 Å². The minimum Gasteiger partial charge on any atom is -0.368 e. The maximum absolute atomic E-state index is 5.25. The lowest BCUT2D eigenvalue weighted by atomic mass is 10.8. The van der Waals surface area contributed by atoms with Crippen LogP contribution in [0.5, 0.6) is 0 Å². The standard InChI is InChI=1S/2C4H8N6/c2*1-7-4-9-2(5)8-3(6)10-4/h2*1H3,(H5,5,6,7,8,9,10). The second-order valence-electron chi connectivity index (χ2n) is 3.25. The van der Waals surface area contributed by atoms with E-state index in [2.05, 4.69) is 40.5 Å². The van der Waals surface area contributed by atoms with E-state index < -0.39 is 0 Å². The molecule has 0 aliphatic carbocycles. The number of nitrogen functional groups attached to an aromatic ring is 4. The van der Waals surface area contributed by atoms with E-state index in [0.717, 1.165) is 0 Å². The Morgan fingerprint density at radius 1 is 0.550 bits per heavy atom. The van der Waals surface area contributed by atoms with Crippen molar-refractivity contribution in [2.45, 2.75) is 0 Å². The fourth-order valence-electron chi connectivity index (χ4n) is 1.04. The Balaban J connectivity index is 0.000000200. The van der Waals surface area contributed by atoms with Crippen molar-refractivity contribution in [3.05, 3.63) is 0 Å². The maximum Gasteiger partial charge on any atom is 0.229 e. The summed E-state index contributed by atoms with van der Waals surface area (Å²) in [5.41, 5.74) is 21.0. The summed E-state index contributed by atoms with van der Waals surface area (Å²) in [5, 5.41) is 5.37. The lowest BCUT2D eigenvalue weighted by Crippen LogP contribution is -2.06. The molecule has 0 saturated heterocycles. The number of nitrogens with two attached hydrogens (primary N) is 4. The second kappa shape index (κ2) is 6.67. The zero-order valence-electron chi connectivity index (χ0n) is 11.0. The number of hydrogen-bond donors (Lipinski definition) is 6. The average Bonchev–Trinajstić information content (AvgIpc) is 2.37. The van der Waals surface area contributed by atoms with Crippen molar-refractivity contribution in [3.8, 4) is 0 Å². The molecule has 0 aliphatic rings. The Bertz CT molecular complexity index is 477. The van der Waals surface area contributed by atoms with Gasteiger partial charge in [0.1, 0.15) is 0 Å². The molecule has 108 valence electrons. The van der Waals surface area contributed by atoms with Gasteiger partial charge in [0.15, 0.2) is 0 Å². The van der Waals surface area contributed by atoms with Gasteiger partial charge in [-0.2, -0.15) is 29.9 Å². The molecule has 12 nitrogen and oxygen atoms in total. The molecule has 12 heteroatoms. The molecular formula is C8H16N12. The molecule has 2 aromatic rings. The van der Waals surface area contributed by atoms with Gasteiger partial charge in [0, 0.05) is 14.1 Å². The number of anilines is 6. The number of hydrogen-bond acceptors (Lipinski definition) is 12. The normalized spacial score (nSPS) is 9.30. The summed E-state index contributed by atoms with van der Waals surface area (Å²) < 4.78 is 0. The first-order chi connectivity index (χ1) is 9.44. The third-order valence-corrected chi connectivity index (χ3v) is 1.79. The van der Waals surface area contributed by atoms with E-state index in [1.54, 1.807) is 14.1 Å². The van der Waals surface area contributed by atoms with Gasteiger partial charge < -0.3 is 33.6 Å². The van der Waals surface area contributed by atoms with E-state index >= 15 is 0 Å². The molecule has 0 atom stereocenters. The molecule has 2 heterocycles. The van der Waals surface area contributed by atoms with Crippen molar-refractivity contribution in [1.29, 1.82) is 0 Å². The minimum absolute atomic E-state index is 0.122. The van der Waals surface area contributed by atoms with Crippen molar-refractivity contribution in [1.82, 2.24) is 29.9 Å². The zero-order valence-corrected chi connectivity index (χ0v) is 11.0. The van der Waals surface area contributed by atoms with Crippen LogP contribution in [-0.4, -0.2) is 44.0 Å². The van der Waals surface area contributed by atoms with Gasteiger partial charge in [0.05, 0.1) is 0 Å². The summed E-state index contributed by atoms with van der Waals surface area (Å²) in [7, 11) is 3.35. The third kappa shape index (κ3) is 4.59. The molecule has 0 unspecified atom stereocenters. The van der Waals surface area contributed by atoms with Gasteiger partial charge in [-0.25, -0.2) is 0 Å². The molecule has 0 spiro atoms. The molecule has 0 aliphatic heterocycles. The predicted molar refractivity (Wildman–Crippen MR) is 76.4 cm³/mol. The average molecular weight is 280 g/mol. The van der Waals surface area contributed by atoms with E-state index in [9.17, 15) is 0 Å². The van der Waals surface area contributed by atoms with Gasteiger partial charge >= 0.3 is 0 Å². The van der Waals surface area contributed by atoms with Crippen molar-refractivity contribution >= 4 is 35.7 Å². The van der Waals surface area contributed by atoms with Crippen LogP contribution < -0.4 is 33.6 Å². The van der Waals surface area contributed by atoms with Gasteiger partial charge in [-0.1, -0.05) is 0 Å². The first kappa shape index (κ1) is 14.9. The number of nitrogens with zero attached hydrogens (tertiary/aromatic N) is 6. The Labute approximate surface area is 114 Å². The van der Waals surface area contributed by atoms with E-state index in [0.29, 0.717) is 11.9 Å². The molecule has 2 rings (SSSR count). The van der Waals surface area contributed by atoms with E-state index in [4.69, 9.17) is 22.9 Å². The Morgan fingerprint density at radius 2 is 0.800 bits per heavy atom. The monoisotopic (exact) mass is 280 g/mol. The fraction of sp³-hybridized carbons (Fsp3) is 0.250. The van der Waals surface area contributed by atoms with Gasteiger partial charge in [-0.05, 0) is 0 Å². The first-order valence-electron chi connectivity index (χ1n) is 5.34. The van der Waals surface area contributed by atoms with Crippen LogP contribution >= 0.6 is 0 Å². The lowest BCUT2D eigenvalue weighted by Gasteiger charge is -1.98. The van der Waals surface area contributed by atoms with Crippen LogP contribution in [0.15, 0.2) is 0 Å². The van der Waals surface area contributed by atoms with Crippen LogP contribution in [0.25, 0.3) is 0 Å². The molecule has 0 bridgehead atoms. The quantitative estimate of drug-likeness (QED) is 0.358. The molecule has 20 heavy (non-hydrogen) atoms. The van der Waals surface area contributed by atoms with E-state index in [1.165, 1.54) is 0 Å². The van der Waals surface area contributed by atoms with Crippen molar-refractivity contribution < 1.29 is 0 Å². The largest absolute Gasteiger partial charge is 0.368 e. The van der Waals surface area contributed by atoms with Crippen LogP contribution in [0, 0.1) is 0 Å². The van der Waals surface area contributed by atoms with Gasteiger partial charge in [-0.3, -0.25) is 0 Å². The van der Waals surface area contributed by atoms with Gasteiger partial charge in [0.2, 0.25) is 35.7 Å². The SMILES string of the molecule is CNc1nc(N)nc(N)n1.CNc1nc(N)nc(N)n1. The van der Waals surface area contributed by atoms with E-state index in [-0.39, 0.29) is 23.8 Å². The maximum atomic E-state index is 5.25. The highest BCUT2D eigenvalue weighted by atomic mass is 15.2. The topological polar surface area (TPSA) is 205 Å². The Kier molecular flexibility index (Phi) is 4.96. The highest BCUT2D eigenvalue weighted by Crippen LogP contribution is 2.01. The Hall–Kier alpha value is -3.18. The molecular weight excluding hydrogens is 264 g/mol. The Morgan fingerprint density at radius 3 is 1.00 bits per heavy atom. The predicted octanol–water partition coefficient (Wildman–Crippen LogP) is -1.84. The molecule has 0 radical (unpaired) electrons. The zero-order chi connectivity index (χ0) is 15.1. The van der Waals surface area contributed by atoms with E-state index in [1.807, 2.05) is 0 Å². The minimum atomic E-state index is 0.122. The number of nitrogens with one attached hydrogen (secondary N) is 2. The van der Waals surface area contributed by atoms with Gasteiger partial charge in [-0.15, -0.1) is 0 Å². The van der Waals surface area contributed by atoms with Crippen molar-refractivity contribution in [2.75, 3.05) is 47.7 Å². The summed E-state index contributed by atoms with van der Waals surface area (Å²) in [6, 6.07) is 0. The summed E-state index contributed by atoms with van der Waals surface area (Å²) in [5.74, 6) is 1.25. The smallest absolute Gasteiger partial charge is 0.229 e. The number of rotatable bonds is 2. The molecule has 0 saturated carbocycles. The van der Waals surface area contributed by atoms with Crippen LogP contribution in [0.2, 0.25) is 0 Å². The number of aromatic nitrogens is 6. The van der Waals surface area contributed by atoms with Gasteiger partial charge in [0.25, 0.3) is 0 Å². The highest BCUT2D eigenvalue weighted by molar-refractivity contribution is 5.37. The molecule has 0 aromatic carbocycles. The lowest BCUT2D eigenvalue weighted by molar-refractivity contribution is 1.07. The summed E-state index contributed by atoms with van der Waals surface area (Å²) >= 11 is 0. The third-order valence-electron chi connectivity index (χ3n) is 1.79. The van der Waals surface area contributed by atoms with Crippen LogP contribution in [0.1, 0.15) is 0 Å². The molecule has 0 fully saturated rings. The second-order valence-corrected chi connectivity index (χ2v) is 3.25. The fourth-order valence-corrected chi connectivity index (χ4v) is 1.04. The summed E-state index contributed by atoms with van der Waals surface area (Å²) in [6.07, 6.45) is 0. The first-order valence-corrected chi connectivity index (χ1v) is 5.34. The molecule has 2 aromatic heterocycles. The van der Waals surface area contributed by atoms with Crippen LogP contribution in [0.3, 0.4) is 0 Å².